The van der Waals surface area contributed by atoms with Crippen LogP contribution in [0.15, 0.2) is 23.1 Å². The van der Waals surface area contributed by atoms with E-state index in [4.69, 9.17) is 4.74 Å². The van der Waals surface area contributed by atoms with Crippen LogP contribution in [-0.4, -0.2) is 65.4 Å². The van der Waals surface area contributed by atoms with Gasteiger partial charge < -0.3 is 10.1 Å². The Morgan fingerprint density at radius 2 is 1.96 bits per heavy atom. The summed E-state index contributed by atoms with van der Waals surface area (Å²) >= 11 is 0. The normalized spacial score (nSPS) is 18.1. The molecule has 142 valence electrons. The fourth-order valence-corrected chi connectivity index (χ4v) is 4.03. The van der Waals surface area contributed by atoms with Crippen molar-refractivity contribution in [3.8, 4) is 5.75 Å². The lowest BCUT2D eigenvalue weighted by atomic mass is 10.2. The van der Waals surface area contributed by atoms with Crippen molar-refractivity contribution < 1.29 is 26.3 Å². The molecule has 10 heteroatoms. The molecule has 1 atom stereocenters. The summed E-state index contributed by atoms with van der Waals surface area (Å²) in [4.78, 5) is 1.19. The maximum Gasteiger partial charge on any atom is 0.405 e. The van der Waals surface area contributed by atoms with E-state index in [9.17, 15) is 21.6 Å². The SMILES string of the molecule is COc1ccc(S(=O)(=O)NCC(N2CCNCC2)C(F)(F)F)c(C)c1. The van der Waals surface area contributed by atoms with Gasteiger partial charge in [-0.1, -0.05) is 0 Å². The number of halogens is 3. The molecule has 2 N–H and O–H groups in total. The van der Waals surface area contributed by atoms with Crippen LogP contribution in [-0.2, 0) is 10.0 Å². The Kier molecular flexibility index (Phi) is 6.30. The first-order chi connectivity index (χ1) is 11.6. The van der Waals surface area contributed by atoms with Gasteiger partial charge in [0.05, 0.1) is 12.0 Å². The van der Waals surface area contributed by atoms with Gasteiger partial charge in [0.1, 0.15) is 11.8 Å². The molecule has 25 heavy (non-hydrogen) atoms. The number of rotatable bonds is 6. The van der Waals surface area contributed by atoms with Crippen LogP contribution in [0, 0.1) is 6.92 Å². The molecule has 1 aromatic carbocycles. The van der Waals surface area contributed by atoms with E-state index in [0.29, 0.717) is 24.4 Å². The summed E-state index contributed by atoms with van der Waals surface area (Å²) in [6.45, 7) is 2.15. The maximum atomic E-state index is 13.3. The van der Waals surface area contributed by atoms with Gasteiger partial charge in [-0.3, -0.25) is 4.90 Å². The lowest BCUT2D eigenvalue weighted by Gasteiger charge is -2.35. The molecule has 1 fully saturated rings. The lowest BCUT2D eigenvalue weighted by molar-refractivity contribution is -0.182. The number of piperazine rings is 1. The minimum Gasteiger partial charge on any atom is -0.497 e. The first-order valence-electron chi connectivity index (χ1n) is 7.81. The molecule has 0 aliphatic carbocycles. The highest BCUT2D eigenvalue weighted by atomic mass is 32.2. The molecule has 1 aliphatic rings. The van der Waals surface area contributed by atoms with E-state index >= 15 is 0 Å². The zero-order valence-electron chi connectivity index (χ0n) is 14.1. The van der Waals surface area contributed by atoms with Gasteiger partial charge in [-0.2, -0.15) is 13.2 Å². The largest absolute Gasteiger partial charge is 0.497 e. The van der Waals surface area contributed by atoms with Gasteiger partial charge in [-0.25, -0.2) is 13.1 Å². The molecule has 0 amide bonds. The zero-order chi connectivity index (χ0) is 18.7. The van der Waals surface area contributed by atoms with Crippen LogP contribution in [0.3, 0.4) is 0 Å². The van der Waals surface area contributed by atoms with Gasteiger partial charge in [0.15, 0.2) is 0 Å². The van der Waals surface area contributed by atoms with Crippen molar-refractivity contribution in [1.29, 1.82) is 0 Å². The minimum absolute atomic E-state index is 0.0606. The Hall–Kier alpha value is -1.36. The maximum absolute atomic E-state index is 13.3. The summed E-state index contributed by atoms with van der Waals surface area (Å²) in [6.07, 6.45) is -4.52. The molecule has 1 unspecified atom stereocenters. The fraction of sp³-hybridized carbons (Fsp3) is 0.600. The van der Waals surface area contributed by atoms with Crippen molar-refractivity contribution in [2.24, 2.45) is 0 Å². The number of aryl methyl sites for hydroxylation is 1. The molecule has 6 nitrogen and oxygen atoms in total. The number of hydrogen-bond donors (Lipinski definition) is 2. The summed E-state index contributed by atoms with van der Waals surface area (Å²) in [6, 6.07) is 2.44. The van der Waals surface area contributed by atoms with Crippen molar-refractivity contribution in [1.82, 2.24) is 14.9 Å². The summed E-state index contributed by atoms with van der Waals surface area (Å²) in [5.41, 5.74) is 0.401. The summed E-state index contributed by atoms with van der Waals surface area (Å²) in [5, 5.41) is 2.98. The van der Waals surface area contributed by atoms with Crippen LogP contribution in [0.1, 0.15) is 5.56 Å². The third kappa shape index (κ3) is 5.06. The van der Waals surface area contributed by atoms with Crippen LogP contribution >= 0.6 is 0 Å². The van der Waals surface area contributed by atoms with Crippen LogP contribution in [0.2, 0.25) is 0 Å². The fourth-order valence-electron chi connectivity index (χ4n) is 2.76. The number of nitrogens with one attached hydrogen (secondary N) is 2. The standard InChI is InChI=1S/C15H22F3N3O3S/c1-11-9-12(24-2)3-4-13(11)25(22,23)20-10-14(15(16,17)18)21-7-5-19-6-8-21/h3-4,9,14,19-20H,5-8,10H2,1-2H3. The van der Waals surface area contributed by atoms with E-state index in [-0.39, 0.29) is 18.0 Å². The number of benzene rings is 1. The molecular formula is C15H22F3N3O3S. The number of sulfonamides is 1. The molecule has 1 aliphatic heterocycles. The van der Waals surface area contributed by atoms with Gasteiger partial charge >= 0.3 is 6.18 Å². The molecule has 0 bridgehead atoms. The number of methoxy groups -OCH3 is 1. The lowest BCUT2D eigenvalue weighted by Crippen LogP contribution is -2.57. The molecule has 0 aromatic heterocycles. The average molecular weight is 381 g/mol. The smallest absolute Gasteiger partial charge is 0.405 e. The Labute approximate surface area is 145 Å². The van der Waals surface area contributed by atoms with Crippen LogP contribution in [0.25, 0.3) is 0 Å². The van der Waals surface area contributed by atoms with E-state index in [2.05, 4.69) is 10.0 Å². The Morgan fingerprint density at radius 1 is 1.32 bits per heavy atom. The zero-order valence-corrected chi connectivity index (χ0v) is 14.9. The third-order valence-electron chi connectivity index (χ3n) is 4.11. The molecule has 1 saturated heterocycles. The van der Waals surface area contributed by atoms with Crippen LogP contribution < -0.4 is 14.8 Å². The minimum atomic E-state index is -4.52. The van der Waals surface area contributed by atoms with Crippen molar-refractivity contribution in [3.05, 3.63) is 23.8 Å². The topological polar surface area (TPSA) is 70.7 Å². The van der Waals surface area contributed by atoms with Gasteiger partial charge in [0.25, 0.3) is 0 Å². The predicted molar refractivity (Wildman–Crippen MR) is 87.2 cm³/mol. The Bertz CT molecular complexity index is 689. The summed E-state index contributed by atoms with van der Waals surface area (Å²) in [5.74, 6) is 0.477. The highest BCUT2D eigenvalue weighted by Crippen LogP contribution is 2.26. The van der Waals surface area contributed by atoms with E-state index in [0.717, 1.165) is 0 Å². The predicted octanol–water partition coefficient (Wildman–Crippen LogP) is 1.12. The molecule has 1 heterocycles. The van der Waals surface area contributed by atoms with Crippen LogP contribution in [0.4, 0.5) is 13.2 Å². The molecule has 0 radical (unpaired) electrons. The van der Waals surface area contributed by atoms with Gasteiger partial charge in [0.2, 0.25) is 10.0 Å². The molecule has 1 aromatic rings. The van der Waals surface area contributed by atoms with Crippen molar-refractivity contribution in [2.45, 2.75) is 24.0 Å². The number of nitrogens with zero attached hydrogens (tertiary/aromatic N) is 1. The van der Waals surface area contributed by atoms with E-state index in [1.165, 1.54) is 30.2 Å². The summed E-state index contributed by atoms with van der Waals surface area (Å²) in [7, 11) is -2.61. The number of ether oxygens (including phenoxy) is 1. The second-order valence-corrected chi connectivity index (χ2v) is 7.56. The van der Waals surface area contributed by atoms with Gasteiger partial charge in [-0.15, -0.1) is 0 Å². The van der Waals surface area contributed by atoms with E-state index in [1.54, 1.807) is 6.92 Å². The highest BCUT2D eigenvalue weighted by molar-refractivity contribution is 7.89. The van der Waals surface area contributed by atoms with Crippen LogP contribution in [0.5, 0.6) is 5.75 Å². The summed E-state index contributed by atoms with van der Waals surface area (Å²) < 4.78 is 72.0. The third-order valence-corrected chi connectivity index (χ3v) is 5.69. The first-order valence-corrected chi connectivity index (χ1v) is 9.29. The second-order valence-electron chi connectivity index (χ2n) is 5.83. The molecule has 2 rings (SSSR count). The highest BCUT2D eigenvalue weighted by Gasteiger charge is 2.44. The monoisotopic (exact) mass is 381 g/mol. The first kappa shape index (κ1) is 20.0. The van der Waals surface area contributed by atoms with E-state index in [1.807, 2.05) is 0 Å². The molecule has 0 spiro atoms. The van der Waals surface area contributed by atoms with Crippen molar-refractivity contribution in [3.63, 3.8) is 0 Å². The van der Waals surface area contributed by atoms with Gasteiger partial charge in [-0.05, 0) is 30.7 Å². The van der Waals surface area contributed by atoms with Crippen molar-refractivity contribution >= 4 is 10.0 Å². The van der Waals surface area contributed by atoms with Gasteiger partial charge in [0, 0.05) is 32.7 Å². The second kappa shape index (κ2) is 7.90. The Morgan fingerprint density at radius 3 is 2.48 bits per heavy atom. The quantitative estimate of drug-likeness (QED) is 0.773. The molecule has 0 saturated carbocycles. The Balaban J connectivity index is 2.15. The number of alkyl halides is 3. The molecular weight excluding hydrogens is 359 g/mol. The average Bonchev–Trinajstić information content (AvgIpc) is 2.54. The van der Waals surface area contributed by atoms with E-state index < -0.39 is 28.8 Å². The van der Waals surface area contributed by atoms with Crippen molar-refractivity contribution in [2.75, 3.05) is 39.8 Å². The number of hydrogen-bond acceptors (Lipinski definition) is 5.